The number of hydrogen-bond donors (Lipinski definition) is 3. The molecule has 1 aromatic carbocycles. The maximum absolute atomic E-state index is 12.8. The number of halogens is 3. The molecule has 0 heterocycles. The number of hydrogen-bond acceptors (Lipinski definition) is 4. The zero-order valence-electron chi connectivity index (χ0n) is 11.0. The molecule has 0 spiro atoms. The van der Waals surface area contributed by atoms with Crippen molar-refractivity contribution in [2.75, 3.05) is 19.0 Å². The van der Waals surface area contributed by atoms with Crippen LogP contribution in [0.1, 0.15) is 22.8 Å². The number of rotatable bonds is 4. The number of aliphatic hydroxyl groups excluding tert-OH is 1. The molecule has 0 aromatic heterocycles. The summed E-state index contributed by atoms with van der Waals surface area (Å²) in [6.45, 7) is 1.47. The second kappa shape index (κ2) is 6.10. The molecule has 0 aliphatic rings. The van der Waals surface area contributed by atoms with Gasteiger partial charge in [0.25, 0.3) is 5.91 Å². The van der Waals surface area contributed by atoms with Gasteiger partial charge in [-0.15, -0.1) is 0 Å². The van der Waals surface area contributed by atoms with Crippen LogP contribution in [0, 0.1) is 0 Å². The van der Waals surface area contributed by atoms with Crippen LogP contribution in [0.15, 0.2) is 18.2 Å². The van der Waals surface area contributed by atoms with Crippen molar-refractivity contribution in [3.63, 3.8) is 0 Å². The number of aliphatic hydroxyl groups is 1. The lowest BCUT2D eigenvalue weighted by Crippen LogP contribution is -2.34. The summed E-state index contributed by atoms with van der Waals surface area (Å²) in [5.74, 6) is 4.46. The molecular weight excluding hydrogens is 275 g/mol. The zero-order valence-corrected chi connectivity index (χ0v) is 11.0. The normalized spacial score (nSPS) is 12.9. The van der Waals surface area contributed by atoms with Crippen LogP contribution < -0.4 is 11.3 Å². The van der Waals surface area contributed by atoms with E-state index in [0.29, 0.717) is 0 Å². The van der Waals surface area contributed by atoms with Crippen molar-refractivity contribution in [1.82, 2.24) is 4.90 Å². The number of hydrazine groups is 1. The molecule has 0 aliphatic carbocycles. The highest BCUT2D eigenvalue weighted by Gasteiger charge is 2.35. The van der Waals surface area contributed by atoms with Crippen LogP contribution in [0.4, 0.5) is 18.9 Å². The number of para-hydroxylation sites is 1. The van der Waals surface area contributed by atoms with E-state index in [-0.39, 0.29) is 12.1 Å². The van der Waals surface area contributed by atoms with Crippen molar-refractivity contribution >= 4 is 11.6 Å². The van der Waals surface area contributed by atoms with Gasteiger partial charge in [0.15, 0.2) is 0 Å². The highest BCUT2D eigenvalue weighted by atomic mass is 19.4. The summed E-state index contributed by atoms with van der Waals surface area (Å²) < 4.78 is 38.5. The van der Waals surface area contributed by atoms with Crippen LogP contribution >= 0.6 is 0 Å². The third-order valence-corrected chi connectivity index (χ3v) is 2.63. The molecule has 0 saturated heterocycles. The second-order valence-electron chi connectivity index (χ2n) is 4.40. The predicted molar refractivity (Wildman–Crippen MR) is 67.9 cm³/mol. The quantitative estimate of drug-likeness (QED) is 0.579. The largest absolute Gasteiger partial charge is 0.418 e. The number of nitrogens with zero attached hydrogens (tertiary/aromatic N) is 1. The fourth-order valence-corrected chi connectivity index (χ4v) is 1.81. The van der Waals surface area contributed by atoms with Gasteiger partial charge in [0.2, 0.25) is 0 Å². The average molecular weight is 291 g/mol. The summed E-state index contributed by atoms with van der Waals surface area (Å²) in [7, 11) is 1.38. The molecular formula is C12H16F3N3O2. The van der Waals surface area contributed by atoms with E-state index in [2.05, 4.69) is 0 Å². The van der Waals surface area contributed by atoms with Gasteiger partial charge in [0.1, 0.15) is 0 Å². The fourth-order valence-electron chi connectivity index (χ4n) is 1.81. The Morgan fingerprint density at radius 2 is 2.10 bits per heavy atom. The molecule has 0 fully saturated rings. The minimum atomic E-state index is -4.62. The molecule has 1 aromatic rings. The molecule has 0 radical (unpaired) electrons. The van der Waals surface area contributed by atoms with E-state index >= 15 is 0 Å². The number of benzene rings is 1. The number of nitrogen functional groups attached to an aromatic ring is 1. The smallest absolute Gasteiger partial charge is 0.392 e. The standard InChI is InChI=1S/C12H16F3N3O2/c1-7(19)6-18(2)11(20)8-4-3-5-9(10(8)17-16)12(13,14)15/h3-5,7,17,19H,6,16H2,1-2H3. The summed E-state index contributed by atoms with van der Waals surface area (Å²) in [5, 5.41) is 9.21. The molecule has 0 aliphatic heterocycles. The van der Waals surface area contributed by atoms with Gasteiger partial charge in [-0.05, 0) is 19.1 Å². The molecule has 112 valence electrons. The molecule has 8 heteroatoms. The first-order valence-electron chi connectivity index (χ1n) is 5.78. The lowest BCUT2D eigenvalue weighted by molar-refractivity contribution is -0.137. The van der Waals surface area contributed by atoms with Crippen molar-refractivity contribution in [3.05, 3.63) is 29.3 Å². The molecule has 5 nitrogen and oxygen atoms in total. The number of nitrogens with one attached hydrogen (secondary N) is 1. The number of anilines is 1. The van der Waals surface area contributed by atoms with Crippen molar-refractivity contribution < 1.29 is 23.1 Å². The van der Waals surface area contributed by atoms with Gasteiger partial charge in [-0.3, -0.25) is 10.6 Å². The maximum Gasteiger partial charge on any atom is 0.418 e. The summed E-state index contributed by atoms with van der Waals surface area (Å²) in [6, 6.07) is 3.21. The number of nitrogens with two attached hydrogens (primary N) is 1. The van der Waals surface area contributed by atoms with Gasteiger partial charge in [-0.25, -0.2) is 0 Å². The van der Waals surface area contributed by atoms with Crippen LogP contribution in [0.2, 0.25) is 0 Å². The van der Waals surface area contributed by atoms with Gasteiger partial charge in [-0.1, -0.05) is 6.07 Å². The Hall–Kier alpha value is -1.80. The Morgan fingerprint density at radius 3 is 2.55 bits per heavy atom. The van der Waals surface area contributed by atoms with Crippen LogP contribution in [-0.4, -0.2) is 35.6 Å². The lowest BCUT2D eigenvalue weighted by atomic mass is 10.1. The fraction of sp³-hybridized carbons (Fsp3) is 0.417. The Balaban J connectivity index is 3.22. The minimum absolute atomic E-state index is 0.000903. The van der Waals surface area contributed by atoms with Crippen LogP contribution in [0.5, 0.6) is 0 Å². The van der Waals surface area contributed by atoms with Gasteiger partial charge in [-0.2, -0.15) is 13.2 Å². The first-order valence-corrected chi connectivity index (χ1v) is 5.78. The van der Waals surface area contributed by atoms with Crippen molar-refractivity contribution in [1.29, 1.82) is 0 Å². The summed E-state index contributed by atoms with van der Waals surface area (Å²) in [5.41, 5.74) is 0.225. The number of alkyl halides is 3. The summed E-state index contributed by atoms with van der Waals surface area (Å²) in [4.78, 5) is 13.2. The average Bonchev–Trinajstić information content (AvgIpc) is 2.34. The molecule has 1 rings (SSSR count). The molecule has 1 amide bonds. The van der Waals surface area contributed by atoms with Crippen molar-refractivity contribution in [3.8, 4) is 0 Å². The van der Waals surface area contributed by atoms with E-state index in [0.717, 1.165) is 17.0 Å². The topological polar surface area (TPSA) is 78.6 Å². The van der Waals surface area contributed by atoms with Gasteiger partial charge >= 0.3 is 6.18 Å². The van der Waals surface area contributed by atoms with Gasteiger partial charge < -0.3 is 15.4 Å². The van der Waals surface area contributed by atoms with E-state index < -0.39 is 29.4 Å². The number of carbonyl (C=O) groups excluding carboxylic acids is 1. The number of carbonyl (C=O) groups is 1. The Labute approximate surface area is 114 Å². The van der Waals surface area contributed by atoms with E-state index in [1.807, 2.05) is 5.43 Å². The van der Waals surface area contributed by atoms with E-state index in [1.165, 1.54) is 20.0 Å². The minimum Gasteiger partial charge on any atom is -0.392 e. The van der Waals surface area contributed by atoms with Crippen LogP contribution in [0.25, 0.3) is 0 Å². The molecule has 1 unspecified atom stereocenters. The van der Waals surface area contributed by atoms with E-state index in [9.17, 15) is 23.1 Å². The number of amides is 1. The molecule has 1 atom stereocenters. The van der Waals surface area contributed by atoms with E-state index in [1.54, 1.807) is 0 Å². The van der Waals surface area contributed by atoms with Gasteiger partial charge in [0, 0.05) is 13.6 Å². The summed E-state index contributed by atoms with van der Waals surface area (Å²) in [6.07, 6.45) is -5.41. The van der Waals surface area contributed by atoms with Gasteiger partial charge in [0.05, 0.1) is 22.9 Å². The highest BCUT2D eigenvalue weighted by Crippen LogP contribution is 2.36. The predicted octanol–water partition coefficient (Wildman–Crippen LogP) is 1.44. The van der Waals surface area contributed by atoms with Crippen LogP contribution in [0.3, 0.4) is 0 Å². The lowest BCUT2D eigenvalue weighted by Gasteiger charge is -2.22. The third kappa shape index (κ3) is 3.61. The Kier molecular flexibility index (Phi) is 4.96. The Morgan fingerprint density at radius 1 is 1.50 bits per heavy atom. The Bertz CT molecular complexity index is 489. The first-order chi connectivity index (χ1) is 9.18. The number of likely N-dealkylation sites (N-methyl/N-ethyl adjacent to an activating group) is 1. The second-order valence-corrected chi connectivity index (χ2v) is 4.40. The zero-order chi connectivity index (χ0) is 15.5. The first kappa shape index (κ1) is 16.3. The molecule has 0 bridgehead atoms. The molecule has 20 heavy (non-hydrogen) atoms. The third-order valence-electron chi connectivity index (χ3n) is 2.63. The van der Waals surface area contributed by atoms with Crippen LogP contribution in [-0.2, 0) is 6.18 Å². The van der Waals surface area contributed by atoms with E-state index in [4.69, 9.17) is 5.84 Å². The van der Waals surface area contributed by atoms with Crippen molar-refractivity contribution in [2.45, 2.75) is 19.2 Å². The monoisotopic (exact) mass is 291 g/mol. The SMILES string of the molecule is CC(O)CN(C)C(=O)c1cccc(C(F)(F)F)c1NN. The molecule has 0 saturated carbocycles. The summed E-state index contributed by atoms with van der Waals surface area (Å²) >= 11 is 0. The van der Waals surface area contributed by atoms with Crippen molar-refractivity contribution in [2.24, 2.45) is 5.84 Å². The maximum atomic E-state index is 12.8. The highest BCUT2D eigenvalue weighted by molar-refractivity contribution is 6.00. The molecule has 4 N–H and O–H groups in total.